The lowest BCUT2D eigenvalue weighted by molar-refractivity contribution is 0.00848. The van der Waals surface area contributed by atoms with Gasteiger partial charge in [-0.05, 0) is 18.1 Å². The Kier molecular flexibility index (Phi) is 3.53. The van der Waals surface area contributed by atoms with Crippen molar-refractivity contribution in [2.75, 3.05) is 0 Å². The zero-order valence-corrected chi connectivity index (χ0v) is 13.8. The molecule has 2 aromatic carbocycles. The maximum atomic E-state index is 11.6. The average Bonchev–Trinajstić information content (AvgIpc) is 3.00. The van der Waals surface area contributed by atoms with Crippen LogP contribution in [0.4, 0.5) is 0 Å². The molecule has 0 radical (unpaired) electrons. The number of alkyl halides is 2. The van der Waals surface area contributed by atoms with Gasteiger partial charge < -0.3 is 5.11 Å². The fourth-order valence-electron chi connectivity index (χ4n) is 3.00. The third-order valence-corrected chi connectivity index (χ3v) is 5.94. The highest BCUT2D eigenvalue weighted by Gasteiger charge is 2.73. The number of rotatable bonds is 3. The van der Waals surface area contributed by atoms with Gasteiger partial charge in [-0.3, -0.25) is 0 Å². The van der Waals surface area contributed by atoms with E-state index in [1.165, 1.54) is 0 Å². The highest BCUT2D eigenvalue weighted by Crippen LogP contribution is 2.72. The Balaban J connectivity index is 2.25. The van der Waals surface area contributed by atoms with Crippen LogP contribution in [0.1, 0.15) is 24.5 Å². The predicted molar refractivity (Wildman–Crippen MR) is 88.1 cm³/mol. The van der Waals surface area contributed by atoms with Gasteiger partial charge in [0.05, 0.1) is 0 Å². The maximum absolute atomic E-state index is 11.6. The summed E-state index contributed by atoms with van der Waals surface area (Å²) in [7, 11) is 0. The molecule has 4 heteroatoms. The molecule has 21 heavy (non-hydrogen) atoms. The van der Waals surface area contributed by atoms with Crippen LogP contribution in [0.25, 0.3) is 0 Å². The summed E-state index contributed by atoms with van der Waals surface area (Å²) in [6, 6.07) is 16.7. The monoisotopic (exact) mass is 340 g/mol. The number of halogens is 3. The zero-order chi connectivity index (χ0) is 15.3. The minimum Gasteiger partial charge on any atom is -0.380 e. The molecule has 0 spiro atoms. The van der Waals surface area contributed by atoms with E-state index < -0.39 is 15.3 Å². The van der Waals surface area contributed by atoms with Crippen molar-refractivity contribution in [2.24, 2.45) is 5.41 Å². The first kappa shape index (κ1) is 15.2. The Hall–Kier alpha value is -0.730. The van der Waals surface area contributed by atoms with Gasteiger partial charge in [-0.2, -0.15) is 0 Å². The van der Waals surface area contributed by atoms with Crippen LogP contribution in [0, 0.1) is 5.41 Å². The van der Waals surface area contributed by atoms with Gasteiger partial charge in [0, 0.05) is 16.0 Å². The topological polar surface area (TPSA) is 20.2 Å². The van der Waals surface area contributed by atoms with Crippen molar-refractivity contribution in [3.8, 4) is 0 Å². The van der Waals surface area contributed by atoms with E-state index in [9.17, 15) is 5.11 Å². The summed E-state index contributed by atoms with van der Waals surface area (Å²) in [5, 5.41) is 12.1. The molecule has 1 saturated carbocycles. The molecule has 1 aliphatic carbocycles. The molecule has 2 aromatic rings. The molecule has 0 bridgehead atoms. The molecule has 0 aromatic heterocycles. The van der Waals surface area contributed by atoms with Crippen LogP contribution in [0.15, 0.2) is 54.6 Å². The van der Waals surface area contributed by atoms with Crippen molar-refractivity contribution in [3.05, 3.63) is 70.7 Å². The SMILES string of the molecule is C[C@@]1([C@](O)(c2ccccc2)c2ccccc2Cl)CC1(Cl)Cl. The van der Waals surface area contributed by atoms with Gasteiger partial charge >= 0.3 is 0 Å². The summed E-state index contributed by atoms with van der Waals surface area (Å²) in [4.78, 5) is 0. The summed E-state index contributed by atoms with van der Waals surface area (Å²) >= 11 is 19.0. The van der Waals surface area contributed by atoms with E-state index in [4.69, 9.17) is 34.8 Å². The molecule has 2 atom stereocenters. The fourth-order valence-corrected chi connectivity index (χ4v) is 4.08. The summed E-state index contributed by atoms with van der Waals surface area (Å²) in [5.74, 6) is 0. The molecule has 110 valence electrons. The third-order valence-electron chi connectivity index (χ3n) is 4.51. The minimum atomic E-state index is -1.34. The number of aliphatic hydroxyl groups is 1. The largest absolute Gasteiger partial charge is 0.380 e. The first-order chi connectivity index (χ1) is 9.83. The molecule has 0 saturated heterocycles. The van der Waals surface area contributed by atoms with Crippen LogP contribution in [0.5, 0.6) is 0 Å². The normalized spacial score (nSPS) is 26.1. The molecule has 1 fully saturated rings. The molecule has 1 nitrogen and oxygen atoms in total. The van der Waals surface area contributed by atoms with Crippen LogP contribution in [0.3, 0.4) is 0 Å². The lowest BCUT2D eigenvalue weighted by Crippen LogP contribution is -2.39. The molecule has 0 heterocycles. The molecule has 0 amide bonds. The third kappa shape index (κ3) is 2.10. The standard InChI is InChI=1S/C17H15Cl3O/c1-15(11-16(15,19)20)17(21,12-7-3-2-4-8-12)13-9-5-6-10-14(13)18/h2-10,21H,11H2,1H3/t15-,17+/m1/s1. The smallest absolute Gasteiger partial charge is 0.127 e. The lowest BCUT2D eigenvalue weighted by atomic mass is 9.74. The molecule has 0 aliphatic heterocycles. The summed E-state index contributed by atoms with van der Waals surface area (Å²) in [6.07, 6.45) is 0.500. The lowest BCUT2D eigenvalue weighted by Gasteiger charge is -2.37. The van der Waals surface area contributed by atoms with Crippen molar-refractivity contribution in [1.29, 1.82) is 0 Å². The van der Waals surface area contributed by atoms with Crippen molar-refractivity contribution < 1.29 is 5.11 Å². The van der Waals surface area contributed by atoms with Gasteiger partial charge in [-0.15, -0.1) is 23.2 Å². The number of hydrogen-bond donors (Lipinski definition) is 1. The van der Waals surface area contributed by atoms with Crippen LogP contribution >= 0.6 is 34.8 Å². The highest BCUT2D eigenvalue weighted by molar-refractivity contribution is 6.51. The number of hydrogen-bond acceptors (Lipinski definition) is 1. The first-order valence-corrected chi connectivity index (χ1v) is 7.87. The molecular formula is C17H15Cl3O. The van der Waals surface area contributed by atoms with Gasteiger partial charge in [0.15, 0.2) is 0 Å². The Morgan fingerprint density at radius 3 is 2.05 bits per heavy atom. The highest BCUT2D eigenvalue weighted by atomic mass is 35.5. The first-order valence-electron chi connectivity index (χ1n) is 6.74. The van der Waals surface area contributed by atoms with E-state index >= 15 is 0 Å². The molecular weight excluding hydrogens is 327 g/mol. The van der Waals surface area contributed by atoms with E-state index in [2.05, 4.69) is 0 Å². The predicted octanol–water partition coefficient (Wildman–Crippen LogP) is 5.16. The average molecular weight is 342 g/mol. The van der Waals surface area contributed by atoms with Crippen LogP contribution in [-0.2, 0) is 5.60 Å². The van der Waals surface area contributed by atoms with Crippen LogP contribution in [0.2, 0.25) is 5.02 Å². The van der Waals surface area contributed by atoms with Crippen molar-refractivity contribution in [3.63, 3.8) is 0 Å². The van der Waals surface area contributed by atoms with Crippen molar-refractivity contribution >= 4 is 34.8 Å². The second-order valence-electron chi connectivity index (χ2n) is 5.77. The Bertz CT molecular complexity index is 671. The van der Waals surface area contributed by atoms with E-state index in [1.807, 2.05) is 55.5 Å². The summed E-state index contributed by atoms with van der Waals surface area (Å²) < 4.78 is -0.975. The maximum Gasteiger partial charge on any atom is 0.127 e. The minimum absolute atomic E-state index is 0.500. The molecule has 1 aliphatic rings. The summed E-state index contributed by atoms with van der Waals surface area (Å²) in [6.45, 7) is 1.89. The van der Waals surface area contributed by atoms with E-state index in [1.54, 1.807) is 6.07 Å². The van der Waals surface area contributed by atoms with Crippen LogP contribution < -0.4 is 0 Å². The van der Waals surface area contributed by atoms with Gasteiger partial charge in [0.25, 0.3) is 0 Å². The second-order valence-corrected chi connectivity index (χ2v) is 7.66. The molecule has 0 unspecified atom stereocenters. The van der Waals surface area contributed by atoms with E-state index in [0.717, 1.165) is 5.56 Å². The quantitative estimate of drug-likeness (QED) is 0.765. The van der Waals surface area contributed by atoms with Gasteiger partial charge in [0.2, 0.25) is 0 Å². The van der Waals surface area contributed by atoms with E-state index in [-0.39, 0.29) is 0 Å². The molecule has 3 rings (SSSR count). The van der Waals surface area contributed by atoms with Gasteiger partial charge in [-0.1, -0.05) is 67.1 Å². The Morgan fingerprint density at radius 1 is 1.00 bits per heavy atom. The number of benzene rings is 2. The fraction of sp³-hybridized carbons (Fsp3) is 0.294. The van der Waals surface area contributed by atoms with Gasteiger partial charge in [-0.25, -0.2) is 0 Å². The Morgan fingerprint density at radius 2 is 1.52 bits per heavy atom. The summed E-state index contributed by atoms with van der Waals surface area (Å²) in [5.41, 5.74) is -0.668. The van der Waals surface area contributed by atoms with Crippen molar-refractivity contribution in [2.45, 2.75) is 23.3 Å². The zero-order valence-electron chi connectivity index (χ0n) is 11.5. The van der Waals surface area contributed by atoms with Gasteiger partial charge in [0.1, 0.15) is 9.93 Å². The molecule has 1 N–H and O–H groups in total. The van der Waals surface area contributed by atoms with Crippen molar-refractivity contribution in [1.82, 2.24) is 0 Å². The second kappa shape index (κ2) is 4.89. The van der Waals surface area contributed by atoms with Crippen LogP contribution in [-0.4, -0.2) is 9.44 Å². The Labute approximate surface area is 139 Å². The van der Waals surface area contributed by atoms with E-state index in [0.29, 0.717) is 17.0 Å².